The molecule has 1 heteroatoms. The molecule has 0 amide bonds. The van der Waals surface area contributed by atoms with Crippen LogP contribution >= 0.6 is 0 Å². The van der Waals surface area contributed by atoms with Gasteiger partial charge >= 0.3 is 0 Å². The van der Waals surface area contributed by atoms with Gasteiger partial charge in [-0.1, -0.05) is 73.7 Å². The predicted octanol–water partition coefficient (Wildman–Crippen LogP) is 8.34. The van der Waals surface area contributed by atoms with Gasteiger partial charge in [0.25, 0.3) is 0 Å². The third-order valence-electron chi connectivity index (χ3n) is 7.28. The molecule has 0 aliphatic heterocycles. The zero-order valence-electron chi connectivity index (χ0n) is 19.8. The molecule has 1 aliphatic carbocycles. The van der Waals surface area contributed by atoms with Crippen LogP contribution in [-0.2, 0) is 12.8 Å². The largest absolute Gasteiger partial charge is 0.494 e. The molecule has 0 N–H and O–H groups in total. The molecule has 3 aromatic carbocycles. The van der Waals surface area contributed by atoms with E-state index in [-0.39, 0.29) is 0 Å². The zero-order chi connectivity index (χ0) is 22.2. The number of aryl methyl sites for hydroxylation is 1. The van der Waals surface area contributed by atoms with Crippen molar-refractivity contribution < 1.29 is 4.74 Å². The second-order valence-corrected chi connectivity index (χ2v) is 9.59. The van der Waals surface area contributed by atoms with Crippen molar-refractivity contribution >= 4 is 0 Å². The van der Waals surface area contributed by atoms with Gasteiger partial charge < -0.3 is 4.74 Å². The van der Waals surface area contributed by atoms with Gasteiger partial charge in [-0.3, -0.25) is 0 Å². The summed E-state index contributed by atoms with van der Waals surface area (Å²) in [6.07, 6.45) is 9.04. The van der Waals surface area contributed by atoms with Crippen LogP contribution in [0.4, 0.5) is 0 Å². The van der Waals surface area contributed by atoms with Gasteiger partial charge in [0.1, 0.15) is 5.75 Å². The Labute approximate surface area is 194 Å². The van der Waals surface area contributed by atoms with Crippen molar-refractivity contribution in [3.8, 4) is 5.75 Å². The van der Waals surface area contributed by atoms with Crippen LogP contribution in [0.15, 0.2) is 78.9 Å². The third-order valence-corrected chi connectivity index (χ3v) is 7.28. The fourth-order valence-corrected chi connectivity index (χ4v) is 5.25. The Morgan fingerprint density at radius 3 is 2.09 bits per heavy atom. The summed E-state index contributed by atoms with van der Waals surface area (Å²) in [6, 6.07) is 29.1. The lowest BCUT2D eigenvalue weighted by Crippen LogP contribution is -2.14. The molecule has 0 radical (unpaired) electrons. The first-order valence-corrected chi connectivity index (χ1v) is 12.6. The molecule has 4 rings (SSSR count). The quantitative estimate of drug-likeness (QED) is 0.334. The summed E-state index contributed by atoms with van der Waals surface area (Å²) in [4.78, 5) is 0. The molecule has 1 saturated carbocycles. The molecule has 1 atom stereocenters. The highest BCUT2D eigenvalue weighted by atomic mass is 16.5. The standard InChI is InChI=1S/C31H38O/c1-3-32-31-21-19-30(20-22-31)29-17-15-26(16-18-29)10-9-25-11-13-27(14-12-25)23-24(2)28-7-5-4-6-8-28/h4-8,11-14,19-22,24,26,29H,3,9-10,15-18,23H2,1-2H3/t24-,26?,29?/m1/s1. The van der Waals surface area contributed by atoms with Crippen molar-refractivity contribution in [3.05, 3.63) is 101 Å². The topological polar surface area (TPSA) is 9.23 Å². The number of ether oxygens (including phenoxy) is 1. The minimum atomic E-state index is 0.563. The first kappa shape index (κ1) is 22.6. The molecule has 0 aromatic heterocycles. The number of hydrogen-bond acceptors (Lipinski definition) is 1. The van der Waals surface area contributed by atoms with E-state index in [1.807, 2.05) is 6.92 Å². The smallest absolute Gasteiger partial charge is 0.119 e. The Morgan fingerprint density at radius 2 is 1.44 bits per heavy atom. The Kier molecular flexibility index (Phi) is 8.04. The van der Waals surface area contributed by atoms with Crippen LogP contribution in [0.1, 0.15) is 80.0 Å². The van der Waals surface area contributed by atoms with E-state index in [9.17, 15) is 0 Å². The highest BCUT2D eigenvalue weighted by Crippen LogP contribution is 2.38. The normalized spacial score (nSPS) is 19.4. The minimum absolute atomic E-state index is 0.563. The SMILES string of the molecule is CCOc1ccc(C2CCC(CCc3ccc(C[C@@H](C)c4ccccc4)cc3)CC2)cc1. The van der Waals surface area contributed by atoms with Crippen LogP contribution in [-0.4, -0.2) is 6.61 Å². The van der Waals surface area contributed by atoms with Crippen molar-refractivity contribution in [2.24, 2.45) is 5.92 Å². The van der Waals surface area contributed by atoms with Crippen LogP contribution in [0, 0.1) is 5.92 Å². The van der Waals surface area contributed by atoms with Gasteiger partial charge in [-0.25, -0.2) is 0 Å². The lowest BCUT2D eigenvalue weighted by Gasteiger charge is -2.29. The molecule has 168 valence electrons. The van der Waals surface area contributed by atoms with Crippen molar-refractivity contribution in [1.82, 2.24) is 0 Å². The summed E-state index contributed by atoms with van der Waals surface area (Å²) in [6.45, 7) is 5.10. The van der Waals surface area contributed by atoms with Crippen LogP contribution in [0.3, 0.4) is 0 Å². The van der Waals surface area contributed by atoms with Gasteiger partial charge in [-0.05, 0) is 104 Å². The van der Waals surface area contributed by atoms with Gasteiger partial charge in [0.05, 0.1) is 6.61 Å². The molecule has 3 aromatic rings. The first-order valence-electron chi connectivity index (χ1n) is 12.6. The fourth-order valence-electron chi connectivity index (χ4n) is 5.25. The average Bonchev–Trinajstić information content (AvgIpc) is 2.85. The molecule has 0 unspecified atom stereocenters. The number of hydrogen-bond donors (Lipinski definition) is 0. The third kappa shape index (κ3) is 6.25. The molecule has 0 bridgehead atoms. The van der Waals surface area contributed by atoms with Crippen molar-refractivity contribution in [1.29, 1.82) is 0 Å². The Bertz CT molecular complexity index is 918. The maximum absolute atomic E-state index is 5.59. The highest BCUT2D eigenvalue weighted by Gasteiger charge is 2.22. The van der Waals surface area contributed by atoms with Crippen molar-refractivity contribution in [3.63, 3.8) is 0 Å². The van der Waals surface area contributed by atoms with E-state index in [4.69, 9.17) is 4.74 Å². The maximum atomic E-state index is 5.59. The van der Waals surface area contributed by atoms with E-state index >= 15 is 0 Å². The summed E-state index contributed by atoms with van der Waals surface area (Å²) in [7, 11) is 0. The van der Waals surface area contributed by atoms with Gasteiger partial charge in [0.15, 0.2) is 0 Å². The van der Waals surface area contributed by atoms with Crippen LogP contribution in [0.2, 0.25) is 0 Å². The van der Waals surface area contributed by atoms with Gasteiger partial charge in [0, 0.05) is 0 Å². The zero-order valence-corrected chi connectivity index (χ0v) is 19.8. The number of rotatable bonds is 9. The van der Waals surface area contributed by atoms with E-state index in [2.05, 4.69) is 85.8 Å². The molecule has 1 aliphatic rings. The fraction of sp³-hybridized carbons (Fsp3) is 0.419. The molecule has 32 heavy (non-hydrogen) atoms. The van der Waals surface area contributed by atoms with Crippen molar-refractivity contribution in [2.75, 3.05) is 6.61 Å². The highest BCUT2D eigenvalue weighted by molar-refractivity contribution is 5.30. The lowest BCUT2D eigenvalue weighted by molar-refractivity contribution is 0.310. The van der Waals surface area contributed by atoms with Crippen LogP contribution < -0.4 is 4.74 Å². The van der Waals surface area contributed by atoms with E-state index in [1.54, 1.807) is 0 Å². The lowest BCUT2D eigenvalue weighted by atomic mass is 9.77. The molecule has 0 heterocycles. The van der Waals surface area contributed by atoms with E-state index in [0.717, 1.165) is 30.6 Å². The van der Waals surface area contributed by atoms with Gasteiger partial charge in [-0.15, -0.1) is 0 Å². The van der Waals surface area contributed by atoms with E-state index in [1.165, 1.54) is 60.8 Å². The summed E-state index contributed by atoms with van der Waals surface area (Å²) in [5.41, 5.74) is 5.86. The molecule has 1 nitrogen and oxygen atoms in total. The molecular formula is C31H38O. The molecule has 1 fully saturated rings. The monoisotopic (exact) mass is 426 g/mol. The van der Waals surface area contributed by atoms with Gasteiger partial charge in [-0.2, -0.15) is 0 Å². The summed E-state index contributed by atoms with van der Waals surface area (Å²) in [5.74, 6) is 3.16. The predicted molar refractivity (Wildman–Crippen MR) is 136 cm³/mol. The Morgan fingerprint density at radius 1 is 0.781 bits per heavy atom. The average molecular weight is 427 g/mol. The summed E-state index contributed by atoms with van der Waals surface area (Å²) < 4.78 is 5.59. The Balaban J connectivity index is 1.21. The van der Waals surface area contributed by atoms with Crippen molar-refractivity contribution in [2.45, 2.75) is 70.6 Å². The molecule has 0 spiro atoms. The Hall–Kier alpha value is -2.54. The second kappa shape index (κ2) is 11.4. The van der Waals surface area contributed by atoms with Crippen LogP contribution in [0.25, 0.3) is 0 Å². The van der Waals surface area contributed by atoms with E-state index in [0.29, 0.717) is 5.92 Å². The second-order valence-electron chi connectivity index (χ2n) is 9.59. The summed E-state index contributed by atoms with van der Waals surface area (Å²) in [5, 5.41) is 0. The minimum Gasteiger partial charge on any atom is -0.494 e. The van der Waals surface area contributed by atoms with E-state index < -0.39 is 0 Å². The number of benzene rings is 3. The van der Waals surface area contributed by atoms with Gasteiger partial charge in [0.2, 0.25) is 0 Å². The molecule has 0 saturated heterocycles. The summed E-state index contributed by atoms with van der Waals surface area (Å²) >= 11 is 0. The molecular weight excluding hydrogens is 388 g/mol. The maximum Gasteiger partial charge on any atom is 0.119 e. The van der Waals surface area contributed by atoms with Crippen LogP contribution in [0.5, 0.6) is 5.75 Å². The first-order chi connectivity index (χ1) is 15.7.